The SMILES string of the molecule is CC(=O)NS(=O)(=O)CCCNC1CCCCC1. The number of nitrogens with one attached hydrogen (secondary N) is 2. The van der Waals surface area contributed by atoms with Gasteiger partial charge in [0.15, 0.2) is 0 Å². The van der Waals surface area contributed by atoms with Gasteiger partial charge in [0.25, 0.3) is 0 Å². The van der Waals surface area contributed by atoms with E-state index in [-0.39, 0.29) is 5.75 Å². The van der Waals surface area contributed by atoms with Gasteiger partial charge < -0.3 is 5.32 Å². The zero-order chi connectivity index (χ0) is 12.7. The molecule has 2 N–H and O–H groups in total. The van der Waals surface area contributed by atoms with Gasteiger partial charge in [-0.2, -0.15) is 0 Å². The van der Waals surface area contributed by atoms with Crippen molar-refractivity contribution in [2.75, 3.05) is 12.3 Å². The highest BCUT2D eigenvalue weighted by Gasteiger charge is 2.14. The quantitative estimate of drug-likeness (QED) is 0.693. The van der Waals surface area contributed by atoms with Crippen molar-refractivity contribution in [2.45, 2.75) is 51.5 Å². The Morgan fingerprint density at radius 3 is 2.47 bits per heavy atom. The molecule has 5 nitrogen and oxygen atoms in total. The van der Waals surface area contributed by atoms with Crippen LogP contribution in [0.2, 0.25) is 0 Å². The van der Waals surface area contributed by atoms with Crippen LogP contribution in [0, 0.1) is 0 Å². The Balaban J connectivity index is 2.12. The van der Waals surface area contributed by atoms with Crippen LogP contribution in [0.15, 0.2) is 0 Å². The van der Waals surface area contributed by atoms with Gasteiger partial charge in [0.2, 0.25) is 15.9 Å². The predicted octanol–water partition coefficient (Wildman–Crippen LogP) is 0.765. The Bertz CT molecular complexity index is 335. The minimum atomic E-state index is -3.42. The van der Waals surface area contributed by atoms with Gasteiger partial charge in [-0.05, 0) is 25.8 Å². The van der Waals surface area contributed by atoms with E-state index in [1.54, 1.807) is 0 Å². The highest BCUT2D eigenvalue weighted by molar-refractivity contribution is 7.90. The second-order valence-corrected chi connectivity index (χ2v) is 6.46. The number of carbonyl (C=O) groups excluding carboxylic acids is 1. The molecule has 0 aromatic rings. The monoisotopic (exact) mass is 262 g/mol. The van der Waals surface area contributed by atoms with E-state index in [1.165, 1.54) is 39.0 Å². The van der Waals surface area contributed by atoms with Crippen molar-refractivity contribution in [3.8, 4) is 0 Å². The van der Waals surface area contributed by atoms with Crippen LogP contribution in [-0.2, 0) is 14.8 Å². The summed E-state index contributed by atoms with van der Waals surface area (Å²) in [5, 5.41) is 3.37. The molecule has 0 aliphatic heterocycles. The minimum Gasteiger partial charge on any atom is -0.314 e. The third-order valence-electron chi connectivity index (χ3n) is 2.93. The first kappa shape index (κ1) is 14.4. The van der Waals surface area contributed by atoms with E-state index >= 15 is 0 Å². The molecule has 1 aliphatic carbocycles. The van der Waals surface area contributed by atoms with Crippen molar-refractivity contribution in [1.29, 1.82) is 0 Å². The Kier molecular flexibility index (Phi) is 5.91. The Hall–Kier alpha value is -0.620. The summed E-state index contributed by atoms with van der Waals surface area (Å²) in [7, 11) is -3.42. The van der Waals surface area contributed by atoms with Crippen LogP contribution in [0.3, 0.4) is 0 Å². The lowest BCUT2D eigenvalue weighted by molar-refractivity contribution is -0.117. The van der Waals surface area contributed by atoms with Crippen molar-refractivity contribution in [3.05, 3.63) is 0 Å². The lowest BCUT2D eigenvalue weighted by Crippen LogP contribution is -2.34. The van der Waals surface area contributed by atoms with Gasteiger partial charge in [-0.15, -0.1) is 0 Å². The summed E-state index contributed by atoms with van der Waals surface area (Å²) < 4.78 is 24.6. The molecule has 1 amide bonds. The van der Waals surface area contributed by atoms with E-state index in [2.05, 4.69) is 5.32 Å². The number of hydrogen-bond donors (Lipinski definition) is 2. The standard InChI is InChI=1S/C11H22N2O3S/c1-10(14)13-17(15,16)9-5-8-12-11-6-3-2-4-7-11/h11-12H,2-9H2,1H3,(H,13,14). The normalized spacial score (nSPS) is 17.9. The number of amides is 1. The smallest absolute Gasteiger partial charge is 0.234 e. The van der Waals surface area contributed by atoms with E-state index in [9.17, 15) is 13.2 Å². The summed E-state index contributed by atoms with van der Waals surface area (Å²) in [6, 6.07) is 0.548. The lowest BCUT2D eigenvalue weighted by atomic mass is 9.95. The van der Waals surface area contributed by atoms with Crippen LogP contribution in [0.1, 0.15) is 45.4 Å². The molecule has 100 valence electrons. The van der Waals surface area contributed by atoms with Crippen LogP contribution in [-0.4, -0.2) is 32.7 Å². The van der Waals surface area contributed by atoms with Crippen LogP contribution in [0.25, 0.3) is 0 Å². The maximum atomic E-state index is 11.3. The molecule has 1 rings (SSSR count). The lowest BCUT2D eigenvalue weighted by Gasteiger charge is -2.22. The van der Waals surface area contributed by atoms with Gasteiger partial charge in [-0.25, -0.2) is 8.42 Å². The molecular weight excluding hydrogens is 240 g/mol. The molecule has 1 aliphatic rings. The molecule has 0 heterocycles. The van der Waals surface area contributed by atoms with Crippen molar-refractivity contribution < 1.29 is 13.2 Å². The summed E-state index contributed by atoms with van der Waals surface area (Å²) in [6.45, 7) is 1.90. The predicted molar refractivity (Wildman–Crippen MR) is 67.1 cm³/mol. The van der Waals surface area contributed by atoms with Gasteiger partial charge in [0.1, 0.15) is 0 Å². The molecule has 0 saturated heterocycles. The van der Waals surface area contributed by atoms with Crippen molar-refractivity contribution in [1.82, 2.24) is 10.0 Å². The van der Waals surface area contributed by atoms with Gasteiger partial charge in [-0.1, -0.05) is 19.3 Å². The second-order valence-electron chi connectivity index (χ2n) is 4.62. The average molecular weight is 262 g/mol. The topological polar surface area (TPSA) is 75.3 Å². The van der Waals surface area contributed by atoms with Crippen molar-refractivity contribution in [3.63, 3.8) is 0 Å². The number of carbonyl (C=O) groups is 1. The maximum Gasteiger partial charge on any atom is 0.234 e. The minimum absolute atomic E-state index is 0.00625. The molecule has 0 spiro atoms. The zero-order valence-electron chi connectivity index (χ0n) is 10.4. The van der Waals surface area contributed by atoms with E-state index in [0.29, 0.717) is 19.0 Å². The molecule has 0 radical (unpaired) electrons. The maximum absolute atomic E-state index is 11.3. The Morgan fingerprint density at radius 1 is 1.24 bits per heavy atom. The molecule has 17 heavy (non-hydrogen) atoms. The molecule has 0 atom stereocenters. The van der Waals surface area contributed by atoms with Crippen molar-refractivity contribution in [2.24, 2.45) is 0 Å². The molecule has 0 bridgehead atoms. The van der Waals surface area contributed by atoms with E-state index in [1.807, 2.05) is 4.72 Å². The number of sulfonamides is 1. The van der Waals surface area contributed by atoms with Crippen LogP contribution >= 0.6 is 0 Å². The van der Waals surface area contributed by atoms with Crippen LogP contribution in [0.4, 0.5) is 0 Å². The Labute approximate surface area is 103 Å². The van der Waals surface area contributed by atoms with E-state index in [4.69, 9.17) is 0 Å². The molecule has 6 heteroatoms. The molecule has 0 aromatic carbocycles. The first-order valence-corrected chi connectivity index (χ1v) is 7.89. The molecule has 0 unspecified atom stereocenters. The number of hydrogen-bond acceptors (Lipinski definition) is 4. The molecule has 1 fully saturated rings. The summed E-state index contributed by atoms with van der Waals surface area (Å²) in [5.41, 5.74) is 0. The van der Waals surface area contributed by atoms with Gasteiger partial charge in [0, 0.05) is 13.0 Å². The molecule has 0 aromatic heterocycles. The van der Waals surface area contributed by atoms with Gasteiger partial charge in [0.05, 0.1) is 5.75 Å². The highest BCUT2D eigenvalue weighted by atomic mass is 32.2. The molecular formula is C11H22N2O3S. The summed E-state index contributed by atoms with van der Waals surface area (Å²) in [4.78, 5) is 10.6. The fraction of sp³-hybridized carbons (Fsp3) is 0.909. The largest absolute Gasteiger partial charge is 0.314 e. The first-order valence-electron chi connectivity index (χ1n) is 6.24. The summed E-state index contributed by atoms with van der Waals surface area (Å²) in [6.07, 6.45) is 6.77. The van der Waals surface area contributed by atoms with Gasteiger partial charge in [-0.3, -0.25) is 9.52 Å². The van der Waals surface area contributed by atoms with Crippen molar-refractivity contribution >= 4 is 15.9 Å². The average Bonchev–Trinajstić information content (AvgIpc) is 2.24. The number of rotatable bonds is 6. The zero-order valence-corrected chi connectivity index (χ0v) is 11.2. The van der Waals surface area contributed by atoms with Gasteiger partial charge >= 0.3 is 0 Å². The first-order chi connectivity index (χ1) is 7.99. The van der Waals surface area contributed by atoms with E-state index < -0.39 is 15.9 Å². The third-order valence-corrected chi connectivity index (χ3v) is 4.35. The van der Waals surface area contributed by atoms with Crippen LogP contribution < -0.4 is 10.0 Å². The van der Waals surface area contributed by atoms with E-state index in [0.717, 1.165) is 0 Å². The third kappa shape index (κ3) is 6.63. The molecule has 1 saturated carbocycles. The Morgan fingerprint density at radius 2 is 1.88 bits per heavy atom. The summed E-state index contributed by atoms with van der Waals surface area (Å²) in [5.74, 6) is -0.517. The summed E-state index contributed by atoms with van der Waals surface area (Å²) >= 11 is 0. The highest BCUT2D eigenvalue weighted by Crippen LogP contribution is 2.17. The second kappa shape index (κ2) is 6.96. The fourth-order valence-electron chi connectivity index (χ4n) is 2.15. The fourth-order valence-corrected chi connectivity index (χ4v) is 3.21. The van der Waals surface area contributed by atoms with Crippen LogP contribution in [0.5, 0.6) is 0 Å².